The highest BCUT2D eigenvalue weighted by Gasteiger charge is 2.43. The van der Waals surface area contributed by atoms with Gasteiger partial charge in [-0.25, -0.2) is 4.79 Å². The quantitative estimate of drug-likeness (QED) is 0.302. The Morgan fingerprint density at radius 1 is 1.15 bits per heavy atom. The Morgan fingerprint density at radius 2 is 1.90 bits per heavy atom. The lowest BCUT2D eigenvalue weighted by Crippen LogP contribution is -2.50. The minimum atomic E-state index is -1.25. The highest BCUT2D eigenvalue weighted by Crippen LogP contribution is 2.46. The van der Waals surface area contributed by atoms with Crippen LogP contribution in [0.2, 0.25) is 5.02 Å². The fraction of sp³-hybridized carbons (Fsp3) is 0.576. The number of likely N-dealkylation sites (tertiary alicyclic amines) is 1. The van der Waals surface area contributed by atoms with E-state index >= 15 is 0 Å². The zero-order valence-corrected chi connectivity index (χ0v) is 25.3. The summed E-state index contributed by atoms with van der Waals surface area (Å²) in [5.74, 6) is 0.587. The number of hydrogen-bond acceptors (Lipinski definition) is 5. The molecule has 7 nitrogen and oxygen atoms in total. The van der Waals surface area contributed by atoms with Crippen LogP contribution in [0.25, 0.3) is 11.1 Å². The van der Waals surface area contributed by atoms with E-state index in [1.54, 1.807) is 0 Å². The number of alkyl carbamates (subject to hydrolysis) is 1. The third kappa shape index (κ3) is 7.43. The van der Waals surface area contributed by atoms with Crippen molar-refractivity contribution in [1.82, 2.24) is 10.2 Å². The molecule has 0 spiro atoms. The molecule has 2 unspecified atom stereocenters. The monoisotopic (exact) mass is 583 g/mol. The van der Waals surface area contributed by atoms with E-state index in [9.17, 15) is 14.7 Å². The maximum atomic E-state index is 13.7. The van der Waals surface area contributed by atoms with Gasteiger partial charge in [-0.05, 0) is 93.0 Å². The number of benzene rings is 2. The van der Waals surface area contributed by atoms with E-state index in [2.05, 4.69) is 24.4 Å². The van der Waals surface area contributed by atoms with Crippen LogP contribution in [0.4, 0.5) is 4.79 Å². The van der Waals surface area contributed by atoms with E-state index in [-0.39, 0.29) is 17.7 Å². The first-order valence-corrected chi connectivity index (χ1v) is 15.6. The lowest BCUT2D eigenvalue weighted by atomic mass is 9.71. The summed E-state index contributed by atoms with van der Waals surface area (Å²) < 4.78 is 4.73. The molecule has 2 aromatic rings. The third-order valence-electron chi connectivity index (χ3n) is 9.23. The molecule has 224 valence electrons. The minimum Gasteiger partial charge on any atom is -0.453 e. The number of nitrogens with two attached hydrogens (primary N) is 1. The SMILES string of the molecule is CCc1cccc(-c2c(Cl)cccc2C(O)(CCCNC(=O)OC)C2CCCN(C(=O)C3CCC(CN)CC3)C2)c1. The summed E-state index contributed by atoms with van der Waals surface area (Å²) >= 11 is 6.87. The van der Waals surface area contributed by atoms with Gasteiger partial charge in [-0.3, -0.25) is 4.79 Å². The molecule has 8 heteroatoms. The van der Waals surface area contributed by atoms with Crippen LogP contribution in [0.15, 0.2) is 42.5 Å². The molecular formula is C33H46ClN3O4. The van der Waals surface area contributed by atoms with Gasteiger partial charge in [-0.1, -0.05) is 54.9 Å². The molecule has 1 aliphatic carbocycles. The van der Waals surface area contributed by atoms with Crippen LogP contribution in [-0.4, -0.2) is 55.3 Å². The number of rotatable bonds is 10. The van der Waals surface area contributed by atoms with Crippen molar-refractivity contribution in [1.29, 1.82) is 0 Å². The van der Waals surface area contributed by atoms with Crippen LogP contribution in [-0.2, 0) is 21.6 Å². The number of aliphatic hydroxyl groups is 1. The lowest BCUT2D eigenvalue weighted by Gasteiger charge is -2.44. The van der Waals surface area contributed by atoms with Crippen molar-refractivity contribution in [3.63, 3.8) is 0 Å². The summed E-state index contributed by atoms with van der Waals surface area (Å²) in [6.45, 7) is 4.39. The first kappa shape index (κ1) is 31.3. The van der Waals surface area contributed by atoms with Gasteiger partial charge in [0, 0.05) is 42.1 Å². The molecular weight excluding hydrogens is 538 g/mol. The molecule has 2 atom stereocenters. The first-order chi connectivity index (χ1) is 19.8. The van der Waals surface area contributed by atoms with Gasteiger partial charge in [0.1, 0.15) is 0 Å². The molecule has 0 radical (unpaired) electrons. The fourth-order valence-corrected chi connectivity index (χ4v) is 7.06. The number of halogens is 1. The summed E-state index contributed by atoms with van der Waals surface area (Å²) in [4.78, 5) is 27.4. The van der Waals surface area contributed by atoms with E-state index in [1.165, 1.54) is 12.7 Å². The number of carbonyl (C=O) groups excluding carboxylic acids is 2. The summed E-state index contributed by atoms with van der Waals surface area (Å²) in [6.07, 6.45) is 6.76. The molecule has 4 rings (SSSR count). The van der Waals surface area contributed by atoms with Gasteiger partial charge in [0.25, 0.3) is 0 Å². The second kappa shape index (κ2) is 14.5. The van der Waals surface area contributed by atoms with Crippen molar-refractivity contribution in [2.24, 2.45) is 23.5 Å². The van der Waals surface area contributed by atoms with Crippen LogP contribution >= 0.6 is 11.6 Å². The number of carbonyl (C=O) groups is 2. The lowest BCUT2D eigenvalue weighted by molar-refractivity contribution is -0.142. The molecule has 4 N–H and O–H groups in total. The predicted octanol–water partition coefficient (Wildman–Crippen LogP) is 5.90. The maximum absolute atomic E-state index is 13.7. The van der Waals surface area contributed by atoms with Crippen LogP contribution in [0, 0.1) is 17.8 Å². The molecule has 2 aliphatic rings. The topological polar surface area (TPSA) is 105 Å². The number of hydrogen-bond donors (Lipinski definition) is 3. The molecule has 1 aliphatic heterocycles. The molecule has 0 bridgehead atoms. The standard InChI is InChI=1S/C33H46ClN3O4/c1-3-23-8-4-9-26(20-23)30-28(11-5-12-29(30)34)33(40,17-7-18-36-32(39)41-2)27-10-6-19-37(22-27)31(38)25-15-13-24(21-35)14-16-25/h4-5,8-9,11-12,20,24-25,27,40H,3,6-7,10,13-19,21-22,35H2,1-2H3,(H,36,39). The van der Waals surface area contributed by atoms with Gasteiger partial charge < -0.3 is 25.8 Å². The highest BCUT2D eigenvalue weighted by molar-refractivity contribution is 6.33. The van der Waals surface area contributed by atoms with Crippen molar-refractivity contribution in [2.75, 3.05) is 33.3 Å². The minimum absolute atomic E-state index is 0.0346. The zero-order valence-electron chi connectivity index (χ0n) is 24.5. The van der Waals surface area contributed by atoms with Crippen LogP contribution < -0.4 is 11.1 Å². The predicted molar refractivity (Wildman–Crippen MR) is 164 cm³/mol. The Kier molecular flexibility index (Phi) is 11.1. The summed E-state index contributed by atoms with van der Waals surface area (Å²) in [5.41, 5.74) is 8.40. The summed E-state index contributed by atoms with van der Waals surface area (Å²) in [7, 11) is 1.34. The van der Waals surface area contributed by atoms with Gasteiger partial charge >= 0.3 is 6.09 Å². The normalized spacial score (nSPS) is 22.6. The van der Waals surface area contributed by atoms with Gasteiger partial charge in [0.15, 0.2) is 0 Å². The second-order valence-electron chi connectivity index (χ2n) is 11.7. The number of amides is 2. The van der Waals surface area contributed by atoms with Gasteiger partial charge in [-0.15, -0.1) is 0 Å². The zero-order chi connectivity index (χ0) is 29.4. The van der Waals surface area contributed by atoms with E-state index in [0.29, 0.717) is 50.0 Å². The largest absolute Gasteiger partial charge is 0.453 e. The van der Waals surface area contributed by atoms with Crippen LogP contribution in [0.5, 0.6) is 0 Å². The van der Waals surface area contributed by atoms with Gasteiger partial charge in [-0.2, -0.15) is 0 Å². The molecule has 1 saturated carbocycles. The van der Waals surface area contributed by atoms with Gasteiger partial charge in [0.05, 0.1) is 12.7 Å². The Balaban J connectivity index is 1.65. The van der Waals surface area contributed by atoms with Crippen molar-refractivity contribution in [3.8, 4) is 11.1 Å². The summed E-state index contributed by atoms with van der Waals surface area (Å²) in [5, 5.41) is 16.1. The van der Waals surface area contributed by atoms with Crippen molar-refractivity contribution in [3.05, 3.63) is 58.6 Å². The molecule has 2 amide bonds. The number of nitrogens with one attached hydrogen (secondary N) is 1. The third-order valence-corrected chi connectivity index (χ3v) is 9.55. The van der Waals surface area contributed by atoms with Crippen LogP contribution in [0.1, 0.15) is 69.4 Å². The number of methoxy groups -OCH3 is 1. The Morgan fingerprint density at radius 3 is 2.61 bits per heavy atom. The molecule has 1 saturated heterocycles. The smallest absolute Gasteiger partial charge is 0.406 e. The van der Waals surface area contributed by atoms with Gasteiger partial charge in [0.2, 0.25) is 5.91 Å². The second-order valence-corrected chi connectivity index (χ2v) is 12.1. The fourth-order valence-electron chi connectivity index (χ4n) is 6.77. The molecule has 0 aromatic heterocycles. The van der Waals surface area contributed by atoms with E-state index in [0.717, 1.165) is 61.6 Å². The average molecular weight is 584 g/mol. The Bertz CT molecular complexity index is 1180. The molecule has 2 fully saturated rings. The Labute approximate surface area is 249 Å². The molecule has 41 heavy (non-hydrogen) atoms. The van der Waals surface area contributed by atoms with Crippen molar-refractivity contribution in [2.45, 2.75) is 70.3 Å². The average Bonchev–Trinajstić information content (AvgIpc) is 3.02. The van der Waals surface area contributed by atoms with Crippen molar-refractivity contribution < 1.29 is 19.4 Å². The van der Waals surface area contributed by atoms with Crippen molar-refractivity contribution >= 4 is 23.6 Å². The van der Waals surface area contributed by atoms with E-state index in [1.807, 2.05) is 35.2 Å². The Hall–Kier alpha value is -2.61. The number of ether oxygens (including phenoxy) is 1. The highest BCUT2D eigenvalue weighted by atomic mass is 35.5. The summed E-state index contributed by atoms with van der Waals surface area (Å²) in [6, 6.07) is 14.0. The van der Waals surface area contributed by atoms with E-state index in [4.69, 9.17) is 22.1 Å². The number of piperidine rings is 1. The van der Waals surface area contributed by atoms with Crippen LogP contribution in [0.3, 0.4) is 0 Å². The number of aryl methyl sites for hydroxylation is 1. The molecule has 2 aromatic carbocycles. The van der Waals surface area contributed by atoms with E-state index < -0.39 is 11.7 Å². The maximum Gasteiger partial charge on any atom is 0.406 e. The first-order valence-electron chi connectivity index (χ1n) is 15.2. The number of nitrogens with zero attached hydrogens (tertiary/aromatic N) is 1. The molecule has 1 heterocycles.